The Morgan fingerprint density at radius 3 is 1.95 bits per heavy atom. The molecule has 0 atom stereocenters. The maximum absolute atomic E-state index is 11.1. The smallest absolute Gasteiger partial charge is 0.220 e. The Bertz CT molecular complexity index is 300. The number of nitrogens with two attached hydrogens (primary N) is 1. The molecule has 0 radical (unpaired) electrons. The van der Waals surface area contributed by atoms with Crippen molar-refractivity contribution >= 4 is 35.8 Å². The second kappa shape index (κ2) is 8.60. The lowest BCUT2D eigenvalue weighted by atomic mass is 9.82. The van der Waals surface area contributed by atoms with E-state index in [4.69, 9.17) is 5.73 Å². The Morgan fingerprint density at radius 1 is 1.11 bits per heavy atom. The van der Waals surface area contributed by atoms with E-state index in [0.717, 1.165) is 38.2 Å². The summed E-state index contributed by atoms with van der Waals surface area (Å²) in [7, 11) is 8.01. The van der Waals surface area contributed by atoms with E-state index < -0.39 is 0 Å². The van der Waals surface area contributed by atoms with Crippen LogP contribution in [0.3, 0.4) is 0 Å². The van der Waals surface area contributed by atoms with Crippen LogP contribution in [0.25, 0.3) is 0 Å². The normalized spacial score (nSPS) is 22.1. The molecule has 0 heterocycles. The first kappa shape index (κ1) is 18.5. The molecule has 0 bridgehead atoms. The lowest BCUT2D eigenvalue weighted by Gasteiger charge is -2.27. The van der Waals surface area contributed by atoms with Crippen molar-refractivity contribution in [2.45, 2.75) is 25.7 Å². The van der Waals surface area contributed by atoms with E-state index in [9.17, 15) is 4.79 Å². The standard InChI is InChI=1S/C13H26N4O.HI/c1-16(2)13(17(3)4)15-9-10-5-7-11(8-6-10)12(14)18;/h10-11H,5-9H2,1-4H3,(H2,14,18);1H. The molecule has 1 fully saturated rings. The minimum Gasteiger partial charge on any atom is -0.369 e. The summed E-state index contributed by atoms with van der Waals surface area (Å²) in [4.78, 5) is 19.8. The Hall–Kier alpha value is -0.530. The van der Waals surface area contributed by atoms with Crippen LogP contribution in [0.2, 0.25) is 0 Å². The van der Waals surface area contributed by atoms with Gasteiger partial charge in [-0.25, -0.2) is 0 Å². The zero-order chi connectivity index (χ0) is 13.7. The van der Waals surface area contributed by atoms with Gasteiger partial charge in [0.15, 0.2) is 5.96 Å². The molecule has 0 aromatic rings. The molecule has 2 N–H and O–H groups in total. The Balaban J connectivity index is 0.00000324. The van der Waals surface area contributed by atoms with Crippen LogP contribution in [0.4, 0.5) is 0 Å². The predicted octanol–water partition coefficient (Wildman–Crippen LogP) is 1.38. The molecule has 5 nitrogen and oxygen atoms in total. The molecule has 0 saturated heterocycles. The number of hydrogen-bond donors (Lipinski definition) is 1. The molecule has 0 spiro atoms. The van der Waals surface area contributed by atoms with Gasteiger partial charge >= 0.3 is 0 Å². The van der Waals surface area contributed by atoms with Gasteiger partial charge in [0, 0.05) is 40.7 Å². The van der Waals surface area contributed by atoms with E-state index in [1.165, 1.54) is 0 Å². The van der Waals surface area contributed by atoms with Gasteiger partial charge in [0.25, 0.3) is 0 Å². The number of carbonyl (C=O) groups is 1. The van der Waals surface area contributed by atoms with E-state index in [0.29, 0.717) is 5.92 Å². The molecular formula is C13H27IN4O. The molecule has 112 valence electrons. The quantitative estimate of drug-likeness (QED) is 0.456. The second-order valence-corrected chi connectivity index (χ2v) is 5.55. The van der Waals surface area contributed by atoms with Gasteiger partial charge in [-0.15, -0.1) is 24.0 Å². The molecular weight excluding hydrogens is 355 g/mol. The average Bonchev–Trinajstić information content (AvgIpc) is 2.28. The van der Waals surface area contributed by atoms with Gasteiger partial charge in [0.2, 0.25) is 5.91 Å². The number of carbonyl (C=O) groups excluding carboxylic acids is 1. The van der Waals surface area contributed by atoms with E-state index in [1.54, 1.807) is 0 Å². The predicted molar refractivity (Wildman–Crippen MR) is 89.7 cm³/mol. The molecule has 0 aliphatic heterocycles. The highest BCUT2D eigenvalue weighted by Gasteiger charge is 2.24. The van der Waals surface area contributed by atoms with Crippen molar-refractivity contribution in [3.8, 4) is 0 Å². The summed E-state index contributed by atoms with van der Waals surface area (Å²) in [5, 5.41) is 0. The van der Waals surface area contributed by atoms with E-state index in [2.05, 4.69) is 4.99 Å². The number of primary amides is 1. The first-order chi connectivity index (χ1) is 8.41. The number of rotatable bonds is 3. The number of hydrogen-bond acceptors (Lipinski definition) is 2. The summed E-state index contributed by atoms with van der Waals surface area (Å²) in [6.45, 7) is 0.844. The lowest BCUT2D eigenvalue weighted by molar-refractivity contribution is -0.122. The third-order valence-corrected chi connectivity index (χ3v) is 3.54. The van der Waals surface area contributed by atoms with Crippen LogP contribution in [0.1, 0.15) is 25.7 Å². The summed E-state index contributed by atoms with van der Waals surface area (Å²) in [6, 6.07) is 0. The van der Waals surface area contributed by atoms with Crippen LogP contribution in [0, 0.1) is 11.8 Å². The van der Waals surface area contributed by atoms with Crippen molar-refractivity contribution in [3.63, 3.8) is 0 Å². The monoisotopic (exact) mass is 382 g/mol. The van der Waals surface area contributed by atoms with Crippen LogP contribution >= 0.6 is 24.0 Å². The Morgan fingerprint density at radius 2 is 1.58 bits per heavy atom. The molecule has 1 rings (SSSR count). The fraction of sp³-hybridized carbons (Fsp3) is 0.846. The molecule has 1 amide bonds. The van der Waals surface area contributed by atoms with Crippen molar-refractivity contribution in [1.82, 2.24) is 9.80 Å². The topological polar surface area (TPSA) is 61.9 Å². The summed E-state index contributed by atoms with van der Waals surface area (Å²) < 4.78 is 0. The third kappa shape index (κ3) is 5.97. The fourth-order valence-corrected chi connectivity index (χ4v) is 2.52. The Labute approximate surface area is 133 Å². The molecule has 1 aliphatic rings. The highest BCUT2D eigenvalue weighted by molar-refractivity contribution is 14.0. The molecule has 19 heavy (non-hydrogen) atoms. The number of halogens is 1. The molecule has 1 aliphatic carbocycles. The number of aliphatic imine (C=N–C) groups is 1. The van der Waals surface area contributed by atoms with Crippen LogP contribution < -0.4 is 5.73 Å². The second-order valence-electron chi connectivity index (χ2n) is 5.55. The number of nitrogens with zero attached hydrogens (tertiary/aromatic N) is 3. The van der Waals surface area contributed by atoms with Crippen molar-refractivity contribution in [2.75, 3.05) is 34.7 Å². The van der Waals surface area contributed by atoms with E-state index >= 15 is 0 Å². The molecule has 6 heteroatoms. The van der Waals surface area contributed by atoms with E-state index in [-0.39, 0.29) is 35.8 Å². The van der Waals surface area contributed by atoms with Crippen molar-refractivity contribution in [1.29, 1.82) is 0 Å². The summed E-state index contributed by atoms with van der Waals surface area (Å²) in [5.41, 5.74) is 5.33. The molecule has 0 aromatic heterocycles. The van der Waals surface area contributed by atoms with Gasteiger partial charge in [-0.2, -0.15) is 0 Å². The zero-order valence-electron chi connectivity index (χ0n) is 12.4. The minimum absolute atomic E-state index is 0. The summed E-state index contributed by atoms with van der Waals surface area (Å²) in [5.74, 6) is 1.54. The zero-order valence-corrected chi connectivity index (χ0v) is 14.8. The number of amides is 1. The van der Waals surface area contributed by atoms with Gasteiger partial charge in [0.1, 0.15) is 0 Å². The van der Waals surface area contributed by atoms with Crippen molar-refractivity contribution < 1.29 is 4.79 Å². The van der Waals surface area contributed by atoms with Gasteiger partial charge in [0.05, 0.1) is 0 Å². The lowest BCUT2D eigenvalue weighted by Crippen LogP contribution is -2.36. The minimum atomic E-state index is -0.140. The maximum Gasteiger partial charge on any atom is 0.220 e. The fourth-order valence-electron chi connectivity index (χ4n) is 2.52. The van der Waals surface area contributed by atoms with Crippen molar-refractivity contribution in [3.05, 3.63) is 0 Å². The van der Waals surface area contributed by atoms with Gasteiger partial charge in [-0.05, 0) is 31.6 Å². The maximum atomic E-state index is 11.1. The highest BCUT2D eigenvalue weighted by atomic mass is 127. The van der Waals surface area contributed by atoms with Crippen LogP contribution in [0.5, 0.6) is 0 Å². The van der Waals surface area contributed by atoms with Crippen molar-refractivity contribution in [2.24, 2.45) is 22.6 Å². The average molecular weight is 382 g/mol. The highest BCUT2D eigenvalue weighted by Crippen LogP contribution is 2.28. The van der Waals surface area contributed by atoms with Crippen LogP contribution in [-0.2, 0) is 4.79 Å². The molecule has 0 unspecified atom stereocenters. The van der Waals surface area contributed by atoms with Gasteiger partial charge in [-0.1, -0.05) is 0 Å². The summed E-state index contributed by atoms with van der Waals surface area (Å²) >= 11 is 0. The summed E-state index contributed by atoms with van der Waals surface area (Å²) in [6.07, 6.45) is 3.97. The van der Waals surface area contributed by atoms with Crippen LogP contribution in [-0.4, -0.2) is 56.4 Å². The third-order valence-electron chi connectivity index (χ3n) is 3.54. The van der Waals surface area contributed by atoms with Crippen LogP contribution in [0.15, 0.2) is 4.99 Å². The SMILES string of the molecule is CN(C)C(=NCC1CCC(C(N)=O)CC1)N(C)C.I. The Kier molecular flexibility index (Phi) is 8.36. The van der Waals surface area contributed by atoms with Gasteiger partial charge in [-0.3, -0.25) is 9.79 Å². The first-order valence-corrected chi connectivity index (χ1v) is 6.60. The first-order valence-electron chi connectivity index (χ1n) is 6.60. The van der Waals surface area contributed by atoms with Gasteiger partial charge < -0.3 is 15.5 Å². The molecule has 1 saturated carbocycles. The largest absolute Gasteiger partial charge is 0.369 e. The van der Waals surface area contributed by atoms with E-state index in [1.807, 2.05) is 38.0 Å². The number of guanidine groups is 1. The molecule has 0 aromatic carbocycles.